The Morgan fingerprint density at radius 2 is 2.07 bits per heavy atom. The van der Waals surface area contributed by atoms with Crippen molar-refractivity contribution in [1.29, 1.82) is 0 Å². The molecule has 0 aromatic rings. The molecule has 0 aromatic heterocycles. The number of rotatable bonds is 4. The molecule has 3 nitrogen and oxygen atoms in total. The average molecular weight is 276 g/mol. The highest BCUT2D eigenvalue weighted by atomic mass is 79.9. The molecule has 0 bridgehead atoms. The van der Waals surface area contributed by atoms with E-state index in [-0.39, 0.29) is 6.09 Å². The number of hydrogen-bond acceptors (Lipinski definition) is 2. The first-order valence-electron chi connectivity index (χ1n) is 4.68. The summed E-state index contributed by atoms with van der Waals surface area (Å²) in [7, 11) is 0. The van der Waals surface area contributed by atoms with Gasteiger partial charge in [0.15, 0.2) is 0 Å². The third kappa shape index (κ3) is 7.19. The Kier molecular flexibility index (Phi) is 5.65. The van der Waals surface area contributed by atoms with Crippen LogP contribution in [0, 0.1) is 0 Å². The molecule has 86 valence electrons. The zero-order chi connectivity index (χ0) is 12.1. The molecule has 0 heterocycles. The molecule has 0 aliphatic rings. The van der Waals surface area contributed by atoms with E-state index in [0.717, 1.165) is 4.48 Å². The number of nitrogens with zero attached hydrogens (tertiary/aromatic N) is 1. The van der Waals surface area contributed by atoms with Crippen molar-refractivity contribution in [3.05, 3.63) is 23.7 Å². The quantitative estimate of drug-likeness (QED) is 0.737. The van der Waals surface area contributed by atoms with E-state index in [0.29, 0.717) is 13.1 Å². The number of hydrogen-bond donors (Lipinski definition) is 0. The Morgan fingerprint density at radius 1 is 1.53 bits per heavy atom. The van der Waals surface area contributed by atoms with Gasteiger partial charge in [-0.25, -0.2) is 4.79 Å². The Morgan fingerprint density at radius 3 is 2.40 bits per heavy atom. The molecule has 0 radical (unpaired) electrons. The van der Waals surface area contributed by atoms with E-state index in [1.165, 1.54) is 4.90 Å². The van der Waals surface area contributed by atoms with E-state index in [4.69, 9.17) is 4.74 Å². The van der Waals surface area contributed by atoms with Crippen molar-refractivity contribution in [2.75, 3.05) is 13.1 Å². The first-order valence-corrected chi connectivity index (χ1v) is 5.47. The molecule has 1 amide bonds. The van der Waals surface area contributed by atoms with Gasteiger partial charge in [-0.3, -0.25) is 4.90 Å². The van der Waals surface area contributed by atoms with Crippen molar-refractivity contribution in [3.8, 4) is 0 Å². The van der Waals surface area contributed by atoms with Crippen LogP contribution in [0.25, 0.3) is 0 Å². The smallest absolute Gasteiger partial charge is 0.410 e. The molecule has 4 heteroatoms. The fourth-order valence-corrected chi connectivity index (χ4v) is 1.20. The Balaban J connectivity index is 4.41. The van der Waals surface area contributed by atoms with Crippen molar-refractivity contribution < 1.29 is 9.53 Å². The van der Waals surface area contributed by atoms with Gasteiger partial charge in [-0.1, -0.05) is 28.6 Å². The van der Waals surface area contributed by atoms with Gasteiger partial charge in [0.05, 0.1) is 6.54 Å². The lowest BCUT2D eigenvalue weighted by Crippen LogP contribution is -2.37. The molecule has 0 fully saturated rings. The van der Waals surface area contributed by atoms with Crippen LogP contribution in [-0.2, 0) is 4.74 Å². The van der Waals surface area contributed by atoms with Crippen LogP contribution >= 0.6 is 15.9 Å². The molecule has 0 N–H and O–H groups in total. The van der Waals surface area contributed by atoms with Crippen molar-refractivity contribution in [2.45, 2.75) is 26.4 Å². The lowest BCUT2D eigenvalue weighted by molar-refractivity contribution is 0.0291. The van der Waals surface area contributed by atoms with Crippen molar-refractivity contribution in [2.24, 2.45) is 0 Å². The van der Waals surface area contributed by atoms with Crippen LogP contribution in [0.4, 0.5) is 4.79 Å². The predicted octanol–water partition coefficient (Wildman–Crippen LogP) is 3.32. The maximum Gasteiger partial charge on any atom is 0.410 e. The van der Waals surface area contributed by atoms with Crippen LogP contribution in [0.3, 0.4) is 0 Å². The van der Waals surface area contributed by atoms with Gasteiger partial charge in [0.2, 0.25) is 0 Å². The molecule has 0 aromatic carbocycles. The molecule has 0 aliphatic carbocycles. The molecular formula is C11H18BrNO2. The monoisotopic (exact) mass is 275 g/mol. The minimum absolute atomic E-state index is 0.358. The first kappa shape index (κ1) is 14.2. The zero-order valence-electron chi connectivity index (χ0n) is 9.55. The largest absolute Gasteiger partial charge is 0.444 e. The molecule has 0 aliphatic heterocycles. The van der Waals surface area contributed by atoms with Gasteiger partial charge >= 0.3 is 6.09 Å². The van der Waals surface area contributed by atoms with E-state index >= 15 is 0 Å². The second-order valence-corrected chi connectivity index (χ2v) is 5.29. The van der Waals surface area contributed by atoms with Gasteiger partial charge in [0.25, 0.3) is 0 Å². The van der Waals surface area contributed by atoms with Crippen LogP contribution in [0.15, 0.2) is 23.7 Å². The van der Waals surface area contributed by atoms with Crippen LogP contribution in [-0.4, -0.2) is 29.7 Å². The van der Waals surface area contributed by atoms with E-state index in [1.54, 1.807) is 6.08 Å². The lowest BCUT2D eigenvalue weighted by atomic mass is 10.2. The number of carbonyl (C=O) groups excluding carboxylic acids is 1. The number of ether oxygens (including phenoxy) is 1. The summed E-state index contributed by atoms with van der Waals surface area (Å²) < 4.78 is 5.96. The maximum absolute atomic E-state index is 11.7. The molecule has 0 unspecified atom stereocenters. The van der Waals surface area contributed by atoms with E-state index in [1.807, 2.05) is 20.8 Å². The average Bonchev–Trinajstić information content (AvgIpc) is 1.99. The predicted molar refractivity (Wildman–Crippen MR) is 66.1 cm³/mol. The Labute approximate surface area is 99.9 Å². The van der Waals surface area contributed by atoms with Crippen LogP contribution < -0.4 is 0 Å². The third-order valence-electron chi connectivity index (χ3n) is 1.36. The Bertz CT molecular complexity index is 256. The number of halogens is 1. The van der Waals surface area contributed by atoms with Crippen molar-refractivity contribution in [3.63, 3.8) is 0 Å². The van der Waals surface area contributed by atoms with Crippen molar-refractivity contribution in [1.82, 2.24) is 4.90 Å². The molecular weight excluding hydrogens is 258 g/mol. The first-order chi connectivity index (χ1) is 6.76. The highest BCUT2D eigenvalue weighted by molar-refractivity contribution is 9.11. The van der Waals surface area contributed by atoms with Crippen LogP contribution in [0.1, 0.15) is 20.8 Å². The van der Waals surface area contributed by atoms with Gasteiger partial charge in [0.1, 0.15) is 5.60 Å². The zero-order valence-corrected chi connectivity index (χ0v) is 11.1. The second-order valence-electron chi connectivity index (χ2n) is 4.17. The molecule has 0 saturated carbocycles. The molecule has 0 saturated heterocycles. The summed E-state index contributed by atoms with van der Waals surface area (Å²) >= 11 is 3.21. The van der Waals surface area contributed by atoms with Crippen molar-refractivity contribution >= 4 is 22.0 Å². The third-order valence-corrected chi connectivity index (χ3v) is 1.61. The minimum atomic E-state index is -0.482. The van der Waals surface area contributed by atoms with E-state index in [9.17, 15) is 4.79 Å². The summed E-state index contributed by atoms with van der Waals surface area (Å²) in [6.45, 7) is 13.6. The Hall–Kier alpha value is -0.770. The number of carbonyl (C=O) groups is 1. The summed E-state index contributed by atoms with van der Waals surface area (Å²) in [6, 6.07) is 0. The standard InChI is InChI=1S/C11H18BrNO2/c1-6-7-13(8-9(2)12)10(14)15-11(3,4)5/h6H,1-2,7-8H2,3-5H3. The summed E-state index contributed by atoms with van der Waals surface area (Å²) in [4.78, 5) is 13.2. The fraction of sp³-hybridized carbons (Fsp3) is 0.545. The summed E-state index contributed by atoms with van der Waals surface area (Å²) in [5.41, 5.74) is -0.482. The SMILES string of the molecule is C=CCN(CC(=C)Br)C(=O)OC(C)(C)C. The van der Waals surface area contributed by atoms with Crippen LogP contribution in [0.2, 0.25) is 0 Å². The molecule has 0 spiro atoms. The van der Waals surface area contributed by atoms with E-state index < -0.39 is 5.60 Å². The van der Waals surface area contributed by atoms with Gasteiger partial charge < -0.3 is 4.74 Å². The normalized spacial score (nSPS) is 10.7. The topological polar surface area (TPSA) is 29.5 Å². The van der Waals surface area contributed by atoms with Gasteiger partial charge in [-0.2, -0.15) is 0 Å². The summed E-state index contributed by atoms with van der Waals surface area (Å²) in [5.74, 6) is 0. The summed E-state index contributed by atoms with van der Waals surface area (Å²) in [5, 5.41) is 0. The fourth-order valence-electron chi connectivity index (χ4n) is 0.893. The molecule has 15 heavy (non-hydrogen) atoms. The summed E-state index contributed by atoms with van der Waals surface area (Å²) in [6.07, 6.45) is 1.29. The highest BCUT2D eigenvalue weighted by Gasteiger charge is 2.21. The number of amides is 1. The molecule has 0 atom stereocenters. The molecule has 0 rings (SSSR count). The van der Waals surface area contributed by atoms with E-state index in [2.05, 4.69) is 29.1 Å². The van der Waals surface area contributed by atoms with Crippen LogP contribution in [0.5, 0.6) is 0 Å². The maximum atomic E-state index is 11.7. The van der Waals surface area contributed by atoms with Gasteiger partial charge in [-0.15, -0.1) is 6.58 Å². The van der Waals surface area contributed by atoms with Gasteiger partial charge in [0, 0.05) is 11.0 Å². The minimum Gasteiger partial charge on any atom is -0.444 e. The second kappa shape index (κ2) is 5.95. The van der Waals surface area contributed by atoms with Gasteiger partial charge in [-0.05, 0) is 20.8 Å². The lowest BCUT2D eigenvalue weighted by Gasteiger charge is -2.26. The highest BCUT2D eigenvalue weighted by Crippen LogP contribution is 2.12.